The first kappa shape index (κ1) is 24.3. The molecular formula is C22H14F4N4O3S2. The zero-order chi connectivity index (χ0) is 25.3. The molecule has 1 amide bonds. The number of carbonyl (C=O) groups is 1. The molecule has 2 N–H and O–H groups in total. The number of nitrogens with zero attached hydrogens (tertiary/aromatic N) is 2. The summed E-state index contributed by atoms with van der Waals surface area (Å²) in [5.74, 6) is -5.17. The summed E-state index contributed by atoms with van der Waals surface area (Å²) in [5.41, 5.74) is -1.14. The molecule has 0 unspecified atom stereocenters. The van der Waals surface area contributed by atoms with E-state index in [1.807, 2.05) is 4.72 Å². The van der Waals surface area contributed by atoms with E-state index in [1.165, 1.54) is 19.3 Å². The van der Waals surface area contributed by atoms with Crippen LogP contribution in [0.15, 0.2) is 59.8 Å². The lowest BCUT2D eigenvalue weighted by atomic mass is 10.1. The summed E-state index contributed by atoms with van der Waals surface area (Å²) in [7, 11) is -4.78. The maximum atomic E-state index is 15.5. The van der Waals surface area contributed by atoms with E-state index in [0.717, 1.165) is 29.5 Å². The quantitative estimate of drug-likeness (QED) is 0.340. The van der Waals surface area contributed by atoms with Gasteiger partial charge in [0.1, 0.15) is 22.3 Å². The van der Waals surface area contributed by atoms with Crippen LogP contribution in [0.3, 0.4) is 0 Å². The maximum absolute atomic E-state index is 15.5. The van der Waals surface area contributed by atoms with Crippen molar-refractivity contribution >= 4 is 38.1 Å². The Morgan fingerprint density at radius 1 is 0.971 bits per heavy atom. The largest absolute Gasteiger partial charge is 0.302 e. The molecule has 0 bridgehead atoms. The molecule has 0 fully saturated rings. The van der Waals surface area contributed by atoms with Gasteiger partial charge in [-0.25, -0.2) is 31.0 Å². The number of hydrogen-bond donors (Lipinski definition) is 2. The second kappa shape index (κ2) is 9.43. The molecule has 0 spiro atoms. The fraction of sp³-hybridized carbons (Fsp3) is 0.0455. The van der Waals surface area contributed by atoms with Crippen LogP contribution in [0.4, 0.5) is 28.4 Å². The zero-order valence-corrected chi connectivity index (χ0v) is 19.3. The monoisotopic (exact) mass is 522 g/mol. The highest BCUT2D eigenvalue weighted by atomic mass is 32.2. The lowest BCUT2D eigenvalue weighted by molar-refractivity contribution is -0.114. The standard InChI is InChI=1S/C22H14F4N4O3S2/c1-11(31)28-22-29-20(21(34-22)12-6-8-27-9-7-12)18-15(25)4-5-16(19(18)26)30-35(32,33)17-10-13(23)2-3-14(17)24/h2-10,30H,1H3,(H,28,29,31). The average molecular weight is 523 g/mol. The van der Waals surface area contributed by atoms with Gasteiger partial charge in [0.05, 0.1) is 21.8 Å². The highest BCUT2D eigenvalue weighted by Gasteiger charge is 2.27. The lowest BCUT2D eigenvalue weighted by Crippen LogP contribution is -2.16. The first-order valence-electron chi connectivity index (χ1n) is 9.72. The number of amides is 1. The van der Waals surface area contributed by atoms with Crippen molar-refractivity contribution in [2.24, 2.45) is 0 Å². The summed E-state index contributed by atoms with van der Waals surface area (Å²) in [5, 5.41) is 2.50. The Balaban J connectivity index is 1.85. The molecule has 0 aliphatic heterocycles. The maximum Gasteiger partial charge on any atom is 0.265 e. The number of hydrogen-bond acceptors (Lipinski definition) is 6. The number of thiazole rings is 1. The number of nitrogens with one attached hydrogen (secondary N) is 2. The van der Waals surface area contributed by atoms with Crippen molar-refractivity contribution in [2.75, 3.05) is 10.0 Å². The summed E-state index contributed by atoms with van der Waals surface area (Å²) < 4.78 is 85.1. The molecule has 4 rings (SSSR count). The fourth-order valence-corrected chi connectivity index (χ4v) is 5.30. The highest BCUT2D eigenvalue weighted by molar-refractivity contribution is 7.92. The van der Waals surface area contributed by atoms with Gasteiger partial charge in [-0.05, 0) is 48.0 Å². The lowest BCUT2D eigenvalue weighted by Gasteiger charge is -2.13. The topological polar surface area (TPSA) is 101 Å². The minimum absolute atomic E-state index is 0.0472. The number of anilines is 2. The van der Waals surface area contributed by atoms with Gasteiger partial charge in [0.25, 0.3) is 10.0 Å². The van der Waals surface area contributed by atoms with E-state index in [-0.39, 0.29) is 15.7 Å². The number of halogens is 4. The minimum Gasteiger partial charge on any atom is -0.302 e. The molecule has 0 saturated heterocycles. The van der Waals surface area contributed by atoms with Crippen LogP contribution < -0.4 is 10.0 Å². The minimum atomic E-state index is -4.78. The summed E-state index contributed by atoms with van der Waals surface area (Å²) in [6.45, 7) is 1.23. The molecule has 2 heterocycles. The van der Waals surface area contributed by atoms with Crippen LogP contribution in [0.25, 0.3) is 21.7 Å². The zero-order valence-electron chi connectivity index (χ0n) is 17.6. The van der Waals surface area contributed by atoms with E-state index in [2.05, 4.69) is 15.3 Å². The molecule has 0 aliphatic rings. The van der Waals surface area contributed by atoms with Gasteiger partial charge in [-0.15, -0.1) is 0 Å². The van der Waals surface area contributed by atoms with Crippen molar-refractivity contribution in [3.8, 4) is 21.7 Å². The normalized spacial score (nSPS) is 11.3. The summed E-state index contributed by atoms with van der Waals surface area (Å²) in [6, 6.07) is 6.48. The molecule has 2 aromatic heterocycles. The fourth-order valence-electron chi connectivity index (χ4n) is 3.12. The van der Waals surface area contributed by atoms with E-state index in [1.54, 1.807) is 12.1 Å². The van der Waals surface area contributed by atoms with Gasteiger partial charge in [0.15, 0.2) is 10.9 Å². The SMILES string of the molecule is CC(=O)Nc1nc(-c2c(F)ccc(NS(=O)(=O)c3cc(F)ccc3F)c2F)c(-c2ccncc2)s1. The third-order valence-electron chi connectivity index (χ3n) is 4.61. The number of rotatable bonds is 6. The van der Waals surface area contributed by atoms with Crippen LogP contribution in [0.1, 0.15) is 6.92 Å². The molecule has 0 radical (unpaired) electrons. The molecule has 7 nitrogen and oxygen atoms in total. The van der Waals surface area contributed by atoms with Gasteiger partial charge in [-0.1, -0.05) is 11.3 Å². The van der Waals surface area contributed by atoms with Gasteiger partial charge >= 0.3 is 0 Å². The second-order valence-electron chi connectivity index (χ2n) is 7.08. The van der Waals surface area contributed by atoms with Crippen LogP contribution in [0.2, 0.25) is 0 Å². The predicted molar refractivity (Wildman–Crippen MR) is 122 cm³/mol. The smallest absolute Gasteiger partial charge is 0.265 e. The first-order valence-corrected chi connectivity index (χ1v) is 12.0. The molecule has 13 heteroatoms. The van der Waals surface area contributed by atoms with Crippen molar-refractivity contribution in [1.29, 1.82) is 0 Å². The van der Waals surface area contributed by atoms with Crippen molar-refractivity contribution in [3.63, 3.8) is 0 Å². The van der Waals surface area contributed by atoms with E-state index in [0.29, 0.717) is 17.7 Å². The number of pyridine rings is 1. The van der Waals surface area contributed by atoms with Crippen molar-refractivity contribution in [3.05, 3.63) is 78.1 Å². The van der Waals surface area contributed by atoms with Crippen LogP contribution in [0.5, 0.6) is 0 Å². The van der Waals surface area contributed by atoms with Crippen molar-refractivity contribution in [1.82, 2.24) is 9.97 Å². The van der Waals surface area contributed by atoms with Gasteiger partial charge in [-0.3, -0.25) is 14.5 Å². The number of carbonyl (C=O) groups excluding carboxylic acids is 1. The molecule has 4 aromatic rings. The Morgan fingerprint density at radius 2 is 1.66 bits per heavy atom. The van der Waals surface area contributed by atoms with Crippen LogP contribution in [0, 0.1) is 23.3 Å². The Morgan fingerprint density at radius 3 is 2.34 bits per heavy atom. The average Bonchev–Trinajstić information content (AvgIpc) is 3.20. The molecule has 0 atom stereocenters. The van der Waals surface area contributed by atoms with Crippen LogP contribution in [-0.4, -0.2) is 24.3 Å². The number of benzene rings is 2. The van der Waals surface area contributed by atoms with Gasteiger partial charge in [0, 0.05) is 19.3 Å². The Bertz CT molecular complexity index is 1540. The molecule has 35 heavy (non-hydrogen) atoms. The second-order valence-corrected chi connectivity index (χ2v) is 9.73. The Labute approximate surface area is 200 Å². The third-order valence-corrected chi connectivity index (χ3v) is 7.01. The van der Waals surface area contributed by atoms with E-state index in [9.17, 15) is 26.4 Å². The molecule has 0 aliphatic carbocycles. The summed E-state index contributed by atoms with van der Waals surface area (Å²) >= 11 is 0.939. The van der Waals surface area contributed by atoms with Crippen LogP contribution >= 0.6 is 11.3 Å². The number of sulfonamides is 1. The Kier molecular flexibility index (Phi) is 6.54. The van der Waals surface area contributed by atoms with Crippen LogP contribution in [-0.2, 0) is 14.8 Å². The van der Waals surface area contributed by atoms with Crippen molar-refractivity contribution < 1.29 is 30.8 Å². The van der Waals surface area contributed by atoms with Crippen molar-refractivity contribution in [2.45, 2.75) is 11.8 Å². The van der Waals surface area contributed by atoms with Gasteiger partial charge < -0.3 is 5.32 Å². The summed E-state index contributed by atoms with van der Waals surface area (Å²) in [6.07, 6.45) is 2.89. The predicted octanol–water partition coefficient (Wildman–Crippen LogP) is 5.19. The summed E-state index contributed by atoms with van der Waals surface area (Å²) in [4.78, 5) is 18.7. The first-order chi connectivity index (χ1) is 16.6. The third kappa shape index (κ3) is 5.00. The van der Waals surface area contributed by atoms with E-state index >= 15 is 4.39 Å². The molecule has 2 aromatic carbocycles. The van der Waals surface area contributed by atoms with E-state index < -0.39 is 55.3 Å². The molecule has 180 valence electrons. The van der Waals surface area contributed by atoms with E-state index in [4.69, 9.17) is 0 Å². The number of aromatic nitrogens is 2. The molecular weight excluding hydrogens is 508 g/mol. The highest BCUT2D eigenvalue weighted by Crippen LogP contribution is 2.42. The van der Waals surface area contributed by atoms with Gasteiger partial charge in [0.2, 0.25) is 5.91 Å². The molecule has 0 saturated carbocycles. The Hall–Kier alpha value is -3.84. The van der Waals surface area contributed by atoms with Gasteiger partial charge in [-0.2, -0.15) is 0 Å².